The topological polar surface area (TPSA) is 105 Å². The Morgan fingerprint density at radius 3 is 2.19 bits per heavy atom. The van der Waals surface area contributed by atoms with Gasteiger partial charge in [0, 0.05) is 25.4 Å². The van der Waals surface area contributed by atoms with Gasteiger partial charge in [-0.15, -0.1) is 0 Å². The predicted octanol–water partition coefficient (Wildman–Crippen LogP) is 6.24. The summed E-state index contributed by atoms with van der Waals surface area (Å²) < 4.78 is 23.6. The van der Waals surface area contributed by atoms with Crippen LogP contribution in [0.1, 0.15) is 0 Å². The molecular formula is C24H22Cl2FN5O4. The molecule has 0 saturated carbocycles. The van der Waals surface area contributed by atoms with Crippen LogP contribution in [0.4, 0.5) is 37.8 Å². The number of nitrogens with one attached hydrogen (secondary N) is 3. The number of methoxy groups -OCH3 is 2. The molecule has 0 unspecified atom stereocenters. The fourth-order valence-electron chi connectivity index (χ4n) is 3.03. The summed E-state index contributed by atoms with van der Waals surface area (Å²) in [6.07, 6.45) is 1.49. The van der Waals surface area contributed by atoms with Crippen LogP contribution in [0.3, 0.4) is 0 Å². The monoisotopic (exact) mass is 533 g/mol. The van der Waals surface area contributed by atoms with E-state index in [1.165, 1.54) is 38.4 Å². The number of amides is 3. The Balaban J connectivity index is 1.83. The molecule has 0 radical (unpaired) electrons. The maximum Gasteiger partial charge on any atom is 0.326 e. The largest absolute Gasteiger partial charge is 0.495 e. The number of anilines is 5. The lowest BCUT2D eigenvalue weighted by molar-refractivity contribution is -0.114. The van der Waals surface area contributed by atoms with Gasteiger partial charge in [0.05, 0.1) is 37.0 Å². The van der Waals surface area contributed by atoms with Crippen LogP contribution >= 0.6 is 23.2 Å². The van der Waals surface area contributed by atoms with Crippen molar-refractivity contribution < 1.29 is 23.5 Å². The van der Waals surface area contributed by atoms with Crippen molar-refractivity contribution in [2.75, 3.05) is 42.1 Å². The predicted molar refractivity (Wildman–Crippen MR) is 140 cm³/mol. The van der Waals surface area contributed by atoms with E-state index in [9.17, 15) is 14.0 Å². The van der Waals surface area contributed by atoms with E-state index in [-0.39, 0.29) is 27.2 Å². The number of rotatable bonds is 8. The smallest absolute Gasteiger partial charge is 0.326 e. The highest BCUT2D eigenvalue weighted by Gasteiger charge is 2.21. The first-order valence-electron chi connectivity index (χ1n) is 10.3. The number of urea groups is 1. The van der Waals surface area contributed by atoms with Crippen LogP contribution in [0, 0.1) is 0 Å². The van der Waals surface area contributed by atoms with Crippen molar-refractivity contribution in [3.63, 3.8) is 0 Å². The second-order valence-corrected chi connectivity index (χ2v) is 7.96. The lowest BCUT2D eigenvalue weighted by Gasteiger charge is -2.21. The molecule has 2 aromatic carbocycles. The minimum atomic E-state index is -1.12. The van der Waals surface area contributed by atoms with E-state index in [1.807, 2.05) is 0 Å². The van der Waals surface area contributed by atoms with E-state index in [0.29, 0.717) is 22.9 Å². The zero-order valence-corrected chi connectivity index (χ0v) is 21.0. The SMILES string of the molecule is C=C(F)C(=O)Nc1ccccc1Nc1cc(N(C)C(=O)Nc2c(Cl)c(OC)cc(OC)c2Cl)ccn1. The van der Waals surface area contributed by atoms with Crippen LogP contribution in [0.15, 0.2) is 61.1 Å². The molecule has 9 nitrogen and oxygen atoms in total. The molecule has 1 aromatic heterocycles. The molecule has 0 bridgehead atoms. The van der Waals surface area contributed by atoms with Crippen LogP contribution in [0.5, 0.6) is 11.5 Å². The Morgan fingerprint density at radius 1 is 1.00 bits per heavy atom. The molecule has 0 spiro atoms. The van der Waals surface area contributed by atoms with Gasteiger partial charge in [0.15, 0.2) is 5.83 Å². The first-order chi connectivity index (χ1) is 17.2. The number of nitrogens with zero attached hydrogens (tertiary/aromatic N) is 2. The summed E-state index contributed by atoms with van der Waals surface area (Å²) in [5.74, 6) is -1.19. The Morgan fingerprint density at radius 2 is 1.61 bits per heavy atom. The summed E-state index contributed by atoms with van der Waals surface area (Å²) in [7, 11) is 4.39. The molecule has 0 aliphatic carbocycles. The second-order valence-electron chi connectivity index (χ2n) is 7.20. The Labute approximate surface area is 216 Å². The van der Waals surface area contributed by atoms with Crippen LogP contribution in [0.2, 0.25) is 10.0 Å². The number of benzene rings is 2. The average molecular weight is 534 g/mol. The molecule has 36 heavy (non-hydrogen) atoms. The van der Waals surface area contributed by atoms with E-state index in [2.05, 4.69) is 27.5 Å². The lowest BCUT2D eigenvalue weighted by atomic mass is 10.2. The third-order valence-corrected chi connectivity index (χ3v) is 5.68. The van der Waals surface area contributed by atoms with Crippen LogP contribution in [-0.4, -0.2) is 38.2 Å². The first kappa shape index (κ1) is 26.6. The minimum absolute atomic E-state index is 0.108. The van der Waals surface area contributed by atoms with Gasteiger partial charge >= 0.3 is 6.03 Å². The van der Waals surface area contributed by atoms with E-state index >= 15 is 0 Å². The molecule has 0 atom stereocenters. The number of para-hydroxylation sites is 2. The van der Waals surface area contributed by atoms with Crippen molar-refractivity contribution in [2.45, 2.75) is 0 Å². The summed E-state index contributed by atoms with van der Waals surface area (Å²) >= 11 is 12.7. The number of carbonyl (C=O) groups excluding carboxylic acids is 2. The van der Waals surface area contributed by atoms with E-state index in [4.69, 9.17) is 32.7 Å². The molecule has 0 saturated heterocycles. The summed E-state index contributed by atoms with van der Waals surface area (Å²) in [6, 6.07) is 10.8. The number of carbonyl (C=O) groups is 2. The van der Waals surface area contributed by atoms with E-state index in [1.54, 1.807) is 36.4 Å². The number of ether oxygens (including phenoxy) is 2. The van der Waals surface area contributed by atoms with Gasteiger partial charge in [0.1, 0.15) is 27.4 Å². The molecule has 3 aromatic rings. The van der Waals surface area contributed by atoms with Gasteiger partial charge < -0.3 is 25.4 Å². The average Bonchev–Trinajstić information content (AvgIpc) is 2.87. The Hall–Kier alpha value is -4.02. The fraction of sp³-hybridized carbons (Fsp3) is 0.125. The maximum atomic E-state index is 13.1. The molecule has 0 aliphatic heterocycles. The first-order valence-corrected chi connectivity index (χ1v) is 11.0. The third-order valence-electron chi connectivity index (χ3n) is 4.93. The summed E-state index contributed by atoms with van der Waals surface area (Å²) in [6.45, 7) is 2.99. The van der Waals surface area contributed by atoms with Gasteiger partial charge in [-0.1, -0.05) is 41.9 Å². The highest BCUT2D eigenvalue weighted by Crippen LogP contribution is 2.44. The van der Waals surface area contributed by atoms with E-state index < -0.39 is 17.8 Å². The van der Waals surface area contributed by atoms with Crippen LogP contribution in [-0.2, 0) is 4.79 Å². The lowest BCUT2D eigenvalue weighted by Crippen LogP contribution is -2.31. The molecule has 1 heterocycles. The molecule has 3 rings (SSSR count). The maximum absolute atomic E-state index is 13.1. The summed E-state index contributed by atoms with van der Waals surface area (Å²) in [5.41, 5.74) is 1.35. The van der Waals surface area contributed by atoms with Gasteiger partial charge in [-0.3, -0.25) is 9.69 Å². The van der Waals surface area contributed by atoms with Crippen LogP contribution < -0.4 is 30.3 Å². The van der Waals surface area contributed by atoms with Crippen molar-refractivity contribution in [1.82, 2.24) is 4.98 Å². The zero-order valence-electron chi connectivity index (χ0n) is 19.5. The van der Waals surface area contributed by atoms with E-state index in [0.717, 1.165) is 0 Å². The van der Waals surface area contributed by atoms with Crippen molar-refractivity contribution in [2.24, 2.45) is 0 Å². The number of pyridine rings is 1. The molecular weight excluding hydrogens is 512 g/mol. The molecule has 0 fully saturated rings. The van der Waals surface area contributed by atoms with Gasteiger partial charge in [-0.05, 0) is 18.2 Å². The Kier molecular flexibility index (Phi) is 8.57. The van der Waals surface area contributed by atoms with Gasteiger partial charge in [-0.2, -0.15) is 0 Å². The Bertz CT molecular complexity index is 1290. The molecule has 188 valence electrons. The second kappa shape index (κ2) is 11.6. The van der Waals surface area contributed by atoms with Crippen molar-refractivity contribution in [1.29, 1.82) is 0 Å². The normalized spacial score (nSPS) is 10.3. The number of aromatic nitrogens is 1. The molecule has 0 aliphatic rings. The molecule has 3 N–H and O–H groups in total. The minimum Gasteiger partial charge on any atom is -0.495 e. The quantitative estimate of drug-likeness (QED) is 0.296. The van der Waals surface area contributed by atoms with Gasteiger partial charge in [-0.25, -0.2) is 14.2 Å². The van der Waals surface area contributed by atoms with Crippen molar-refractivity contribution >= 4 is 63.7 Å². The fourth-order valence-corrected chi connectivity index (χ4v) is 3.62. The van der Waals surface area contributed by atoms with Crippen LogP contribution in [0.25, 0.3) is 0 Å². The van der Waals surface area contributed by atoms with Gasteiger partial charge in [0.25, 0.3) is 5.91 Å². The van der Waals surface area contributed by atoms with Crippen molar-refractivity contribution in [3.8, 4) is 11.5 Å². The number of hydrogen-bond acceptors (Lipinski definition) is 6. The highest BCUT2D eigenvalue weighted by molar-refractivity contribution is 6.41. The standard InChI is InChI=1S/C24H22Cl2FN5O4/c1-13(27)23(33)30-16-8-6-5-7-15(16)29-19-11-14(9-10-28-19)32(2)24(34)31-22-20(25)17(35-3)12-18(36-4)21(22)26/h5-12H,1H2,2-4H3,(H,28,29)(H,30,33)(H,31,34). The summed E-state index contributed by atoms with van der Waals surface area (Å²) in [4.78, 5) is 30.3. The molecule has 3 amide bonds. The van der Waals surface area contributed by atoms with Gasteiger partial charge in [0.2, 0.25) is 0 Å². The zero-order chi connectivity index (χ0) is 26.4. The number of hydrogen-bond donors (Lipinski definition) is 3. The number of halogens is 3. The highest BCUT2D eigenvalue weighted by atomic mass is 35.5. The van der Waals surface area contributed by atoms with Crippen molar-refractivity contribution in [3.05, 3.63) is 71.1 Å². The summed E-state index contributed by atoms with van der Waals surface area (Å²) in [5, 5.41) is 8.34. The molecule has 12 heteroatoms. The third kappa shape index (κ3) is 5.96.